The Hall–Kier alpha value is -2.38. The van der Waals surface area contributed by atoms with Crippen LogP contribution in [0.5, 0.6) is 0 Å². The predicted molar refractivity (Wildman–Crippen MR) is 106 cm³/mol. The first kappa shape index (κ1) is 19.4. The molecule has 2 aromatic rings. The summed E-state index contributed by atoms with van der Waals surface area (Å²) in [7, 11) is -2.22. The summed E-state index contributed by atoms with van der Waals surface area (Å²) in [5.74, 6) is 0.426. The lowest BCUT2D eigenvalue weighted by atomic mass is 9.77. The zero-order chi connectivity index (χ0) is 19.4. The maximum Gasteiger partial charge on any atom is 0.319 e. The Labute approximate surface area is 160 Å². The van der Waals surface area contributed by atoms with E-state index in [1.807, 2.05) is 30.3 Å². The molecule has 3 rings (SSSR count). The number of amides is 2. The molecule has 0 spiro atoms. The van der Waals surface area contributed by atoms with E-state index in [1.165, 1.54) is 19.5 Å². The Balaban J connectivity index is 1.78. The molecular formula is C20H25N3O3S. The summed E-state index contributed by atoms with van der Waals surface area (Å²) < 4.78 is 26.5. The van der Waals surface area contributed by atoms with E-state index in [0.29, 0.717) is 17.2 Å². The molecule has 0 aromatic heterocycles. The van der Waals surface area contributed by atoms with Crippen LogP contribution < -0.4 is 15.4 Å². The zero-order valence-corrected chi connectivity index (χ0v) is 16.3. The van der Waals surface area contributed by atoms with E-state index in [2.05, 4.69) is 15.4 Å². The van der Waals surface area contributed by atoms with Crippen molar-refractivity contribution in [2.75, 3.05) is 12.4 Å². The second kappa shape index (κ2) is 8.10. The van der Waals surface area contributed by atoms with Crippen LogP contribution >= 0.6 is 0 Å². The van der Waals surface area contributed by atoms with Crippen molar-refractivity contribution in [1.29, 1.82) is 0 Å². The third kappa shape index (κ3) is 4.31. The highest BCUT2D eigenvalue weighted by atomic mass is 32.2. The monoisotopic (exact) mass is 387 g/mol. The summed E-state index contributed by atoms with van der Waals surface area (Å²) in [4.78, 5) is 12.8. The lowest BCUT2D eigenvalue weighted by Crippen LogP contribution is -2.38. The van der Waals surface area contributed by atoms with Crippen LogP contribution in [0.4, 0.5) is 10.5 Å². The third-order valence-corrected chi connectivity index (χ3v) is 6.72. The number of hydrogen-bond donors (Lipinski definition) is 3. The highest BCUT2D eigenvalue weighted by Gasteiger charge is 2.30. The van der Waals surface area contributed by atoms with Crippen LogP contribution in [0.2, 0.25) is 0 Å². The summed E-state index contributed by atoms with van der Waals surface area (Å²) in [6.45, 7) is 1.68. The van der Waals surface area contributed by atoms with Gasteiger partial charge in [-0.1, -0.05) is 42.8 Å². The van der Waals surface area contributed by atoms with Crippen molar-refractivity contribution in [2.24, 2.45) is 5.92 Å². The molecule has 2 amide bonds. The molecule has 144 valence electrons. The SMILES string of the molecule is CNS(=O)(=O)c1cccc(NC(=O)NC(c2ccccc2)C2CCC2)c1C. The molecule has 1 fully saturated rings. The molecule has 1 atom stereocenters. The Kier molecular flexibility index (Phi) is 5.82. The minimum atomic E-state index is -3.58. The number of carbonyl (C=O) groups excluding carboxylic acids is 1. The van der Waals surface area contributed by atoms with E-state index >= 15 is 0 Å². The summed E-state index contributed by atoms with van der Waals surface area (Å²) in [5, 5.41) is 5.88. The molecule has 1 unspecified atom stereocenters. The van der Waals surface area contributed by atoms with Crippen LogP contribution in [0.15, 0.2) is 53.4 Å². The minimum absolute atomic E-state index is 0.0514. The fourth-order valence-electron chi connectivity index (χ4n) is 3.36. The predicted octanol–water partition coefficient (Wildman–Crippen LogP) is 3.57. The van der Waals surface area contributed by atoms with E-state index in [1.54, 1.807) is 19.1 Å². The lowest BCUT2D eigenvalue weighted by Gasteiger charge is -2.34. The molecule has 0 bridgehead atoms. The number of anilines is 1. The van der Waals surface area contributed by atoms with E-state index in [0.717, 1.165) is 18.4 Å². The smallest absolute Gasteiger partial charge is 0.319 e. The van der Waals surface area contributed by atoms with Gasteiger partial charge in [0.1, 0.15) is 0 Å². The van der Waals surface area contributed by atoms with Crippen molar-refractivity contribution in [1.82, 2.24) is 10.0 Å². The molecular weight excluding hydrogens is 362 g/mol. The first-order valence-corrected chi connectivity index (χ1v) is 10.6. The van der Waals surface area contributed by atoms with Gasteiger partial charge >= 0.3 is 6.03 Å². The first-order valence-electron chi connectivity index (χ1n) is 9.08. The third-order valence-electron chi connectivity index (χ3n) is 5.16. The van der Waals surface area contributed by atoms with Crippen molar-refractivity contribution in [3.8, 4) is 0 Å². The van der Waals surface area contributed by atoms with Crippen molar-refractivity contribution in [3.63, 3.8) is 0 Å². The van der Waals surface area contributed by atoms with E-state index < -0.39 is 10.0 Å². The van der Waals surface area contributed by atoms with Crippen molar-refractivity contribution >= 4 is 21.7 Å². The Morgan fingerprint density at radius 2 is 1.78 bits per heavy atom. The van der Waals surface area contributed by atoms with Crippen LogP contribution in [0.25, 0.3) is 0 Å². The minimum Gasteiger partial charge on any atom is -0.331 e. The van der Waals surface area contributed by atoms with Gasteiger partial charge in [-0.3, -0.25) is 0 Å². The van der Waals surface area contributed by atoms with Crippen LogP contribution in [-0.2, 0) is 10.0 Å². The maximum absolute atomic E-state index is 12.6. The molecule has 0 radical (unpaired) electrons. The molecule has 0 aliphatic heterocycles. The fourth-order valence-corrected chi connectivity index (χ4v) is 4.35. The van der Waals surface area contributed by atoms with Crippen molar-refractivity contribution in [3.05, 3.63) is 59.7 Å². The number of benzene rings is 2. The second-order valence-corrected chi connectivity index (χ2v) is 8.67. The second-order valence-electron chi connectivity index (χ2n) is 6.81. The van der Waals surface area contributed by atoms with E-state index in [9.17, 15) is 13.2 Å². The quantitative estimate of drug-likeness (QED) is 0.708. The standard InChI is InChI=1S/C20H25N3O3S/c1-14-17(12-7-13-18(14)27(25,26)21-2)22-20(24)23-19(16-10-6-11-16)15-8-4-3-5-9-15/h3-5,7-9,12-13,16,19,21H,6,10-11H2,1-2H3,(H2,22,23,24). The normalized spacial score (nSPS) is 15.6. The average molecular weight is 388 g/mol. The average Bonchev–Trinajstić information content (AvgIpc) is 2.62. The van der Waals surface area contributed by atoms with Gasteiger partial charge in [0.15, 0.2) is 0 Å². The molecule has 0 saturated heterocycles. The van der Waals surface area contributed by atoms with Crippen LogP contribution in [0.3, 0.4) is 0 Å². The highest BCUT2D eigenvalue weighted by Crippen LogP contribution is 2.37. The molecule has 1 aliphatic rings. The van der Waals surface area contributed by atoms with Gasteiger partial charge in [-0.05, 0) is 56.0 Å². The van der Waals surface area contributed by atoms with Gasteiger partial charge in [0.05, 0.1) is 10.9 Å². The lowest BCUT2D eigenvalue weighted by molar-refractivity contribution is 0.216. The molecule has 1 saturated carbocycles. The number of hydrogen-bond acceptors (Lipinski definition) is 3. The first-order chi connectivity index (χ1) is 12.9. The van der Waals surface area contributed by atoms with Crippen molar-refractivity contribution in [2.45, 2.75) is 37.1 Å². The highest BCUT2D eigenvalue weighted by molar-refractivity contribution is 7.89. The Bertz CT molecular complexity index is 909. The zero-order valence-electron chi connectivity index (χ0n) is 15.5. The van der Waals surface area contributed by atoms with Gasteiger partial charge in [-0.2, -0.15) is 0 Å². The number of sulfonamides is 1. The van der Waals surface area contributed by atoms with Gasteiger partial charge in [0.2, 0.25) is 10.0 Å². The number of urea groups is 1. The molecule has 1 aliphatic carbocycles. The Morgan fingerprint density at radius 1 is 1.07 bits per heavy atom. The van der Waals surface area contributed by atoms with E-state index in [-0.39, 0.29) is 17.0 Å². The molecule has 6 nitrogen and oxygen atoms in total. The Morgan fingerprint density at radius 3 is 2.37 bits per heavy atom. The summed E-state index contributed by atoms with van der Waals surface area (Å²) in [5.41, 5.74) is 2.06. The molecule has 7 heteroatoms. The number of nitrogens with one attached hydrogen (secondary N) is 3. The number of carbonyl (C=O) groups is 1. The van der Waals surface area contributed by atoms with Gasteiger partial charge in [-0.15, -0.1) is 0 Å². The number of rotatable bonds is 6. The van der Waals surface area contributed by atoms with E-state index in [4.69, 9.17) is 0 Å². The molecule has 2 aromatic carbocycles. The molecule has 27 heavy (non-hydrogen) atoms. The summed E-state index contributed by atoms with van der Waals surface area (Å²) >= 11 is 0. The maximum atomic E-state index is 12.6. The van der Waals surface area contributed by atoms with Gasteiger partial charge in [0.25, 0.3) is 0 Å². The van der Waals surface area contributed by atoms with Gasteiger partial charge in [0, 0.05) is 5.69 Å². The van der Waals surface area contributed by atoms with Crippen molar-refractivity contribution < 1.29 is 13.2 Å². The molecule has 0 heterocycles. The topological polar surface area (TPSA) is 87.3 Å². The summed E-state index contributed by atoms with van der Waals surface area (Å²) in [6, 6.07) is 14.4. The fraction of sp³-hybridized carbons (Fsp3) is 0.350. The molecule has 3 N–H and O–H groups in total. The van der Waals surface area contributed by atoms with Crippen LogP contribution in [0, 0.1) is 12.8 Å². The largest absolute Gasteiger partial charge is 0.331 e. The summed E-state index contributed by atoms with van der Waals surface area (Å²) in [6.07, 6.45) is 3.36. The van der Waals surface area contributed by atoms with Gasteiger partial charge in [-0.25, -0.2) is 17.9 Å². The van der Waals surface area contributed by atoms with Gasteiger partial charge < -0.3 is 10.6 Å². The van der Waals surface area contributed by atoms with Crippen LogP contribution in [0.1, 0.15) is 36.4 Å². The van der Waals surface area contributed by atoms with Crippen LogP contribution in [-0.4, -0.2) is 21.5 Å².